The van der Waals surface area contributed by atoms with Crippen LogP contribution in [-0.4, -0.2) is 53.3 Å². The number of halogens is 1. The lowest BCUT2D eigenvalue weighted by Gasteiger charge is -2.23. The zero-order valence-corrected chi connectivity index (χ0v) is 24.3. The van der Waals surface area contributed by atoms with E-state index in [1.165, 1.54) is 0 Å². The predicted molar refractivity (Wildman–Crippen MR) is 156 cm³/mol. The van der Waals surface area contributed by atoms with Crippen molar-refractivity contribution < 1.29 is 14.3 Å². The van der Waals surface area contributed by atoms with Crippen LogP contribution in [0, 0.1) is 5.41 Å². The first-order valence-corrected chi connectivity index (χ1v) is 13.3. The average Bonchev–Trinajstić information content (AvgIpc) is 3.07. The van der Waals surface area contributed by atoms with Crippen molar-refractivity contribution in [3.63, 3.8) is 0 Å². The molecular weight excluding hydrogens is 518 g/mol. The van der Waals surface area contributed by atoms with Crippen LogP contribution < -0.4 is 20.9 Å². The van der Waals surface area contributed by atoms with Gasteiger partial charge in [-0.25, -0.2) is 4.68 Å². The summed E-state index contributed by atoms with van der Waals surface area (Å²) in [4.78, 5) is 41.6. The van der Waals surface area contributed by atoms with Crippen LogP contribution in [0.25, 0.3) is 5.69 Å². The molecule has 0 fully saturated rings. The molecule has 3 rings (SSSR count). The maximum atomic E-state index is 13.5. The van der Waals surface area contributed by atoms with Gasteiger partial charge in [0, 0.05) is 37.9 Å². The fourth-order valence-electron chi connectivity index (χ4n) is 4.44. The van der Waals surface area contributed by atoms with E-state index in [0.29, 0.717) is 41.7 Å². The molecule has 10 heteroatoms. The van der Waals surface area contributed by atoms with Gasteiger partial charge in [-0.15, -0.1) is 0 Å². The number of hydrogen-bond donors (Lipinski definition) is 2. The third-order valence-electron chi connectivity index (χ3n) is 6.24. The Morgan fingerprint density at radius 2 is 1.67 bits per heavy atom. The van der Waals surface area contributed by atoms with Gasteiger partial charge in [-0.3, -0.25) is 19.1 Å². The topological polar surface area (TPSA) is 97.6 Å². The SMILES string of the molecule is CCOc1ccc(Cl)cc1NC(=O)CC(C)(C)CC(=O)Nc1c(CCN(C)C)n(C)n(-c2ccccc2)c1=O. The fourth-order valence-corrected chi connectivity index (χ4v) is 4.61. The van der Waals surface area contributed by atoms with E-state index in [4.69, 9.17) is 16.3 Å². The Balaban J connectivity index is 1.77. The van der Waals surface area contributed by atoms with Crippen LogP contribution in [0.1, 0.15) is 39.3 Å². The monoisotopic (exact) mass is 555 g/mol. The Morgan fingerprint density at radius 3 is 2.28 bits per heavy atom. The Hall–Kier alpha value is -3.56. The number of benzene rings is 2. The second kappa shape index (κ2) is 13.0. The van der Waals surface area contributed by atoms with Crippen LogP contribution in [0.2, 0.25) is 5.02 Å². The van der Waals surface area contributed by atoms with E-state index < -0.39 is 5.41 Å². The molecule has 1 aromatic heterocycles. The quantitative estimate of drug-likeness (QED) is 0.337. The maximum Gasteiger partial charge on any atom is 0.295 e. The van der Waals surface area contributed by atoms with E-state index in [9.17, 15) is 14.4 Å². The molecule has 2 N–H and O–H groups in total. The number of nitrogens with one attached hydrogen (secondary N) is 2. The summed E-state index contributed by atoms with van der Waals surface area (Å²) in [6.07, 6.45) is 0.692. The highest BCUT2D eigenvalue weighted by Crippen LogP contribution is 2.31. The first-order chi connectivity index (χ1) is 18.4. The molecule has 9 nitrogen and oxygen atoms in total. The van der Waals surface area contributed by atoms with Crippen LogP contribution in [0.5, 0.6) is 5.75 Å². The van der Waals surface area contributed by atoms with Crippen LogP contribution >= 0.6 is 11.6 Å². The number of rotatable bonds is 12. The van der Waals surface area contributed by atoms with Crippen molar-refractivity contribution in [2.75, 3.05) is 37.9 Å². The standard InChI is InChI=1S/C29H38ClN5O4/c1-7-39-24-14-13-20(30)17-22(24)31-25(36)18-29(2,3)19-26(37)32-27-23(15-16-33(4)5)34(6)35(28(27)38)21-11-9-8-10-12-21/h8-14,17H,7,15-16,18-19H2,1-6H3,(H,31,36)(H,32,37). The van der Waals surface area contributed by atoms with E-state index in [2.05, 4.69) is 10.6 Å². The number of aromatic nitrogens is 2. The zero-order valence-electron chi connectivity index (χ0n) is 23.5. The minimum absolute atomic E-state index is 0.0427. The van der Waals surface area contributed by atoms with Crippen LogP contribution in [-0.2, 0) is 23.1 Å². The number of hydrogen-bond acceptors (Lipinski definition) is 5. The molecular formula is C29H38ClN5O4. The summed E-state index contributed by atoms with van der Waals surface area (Å²) < 4.78 is 8.92. The van der Waals surface area contributed by atoms with Crippen LogP contribution in [0.4, 0.5) is 11.4 Å². The van der Waals surface area contributed by atoms with Gasteiger partial charge in [-0.1, -0.05) is 43.6 Å². The number of likely N-dealkylation sites (N-methyl/N-ethyl adjacent to an activating group) is 1. The van der Waals surface area contributed by atoms with E-state index in [-0.39, 0.29) is 35.9 Å². The Kier molecular flexibility index (Phi) is 9.99. The van der Waals surface area contributed by atoms with Crippen molar-refractivity contribution in [3.8, 4) is 11.4 Å². The molecule has 210 valence electrons. The Morgan fingerprint density at radius 1 is 1.03 bits per heavy atom. The molecule has 0 saturated carbocycles. The minimum atomic E-state index is -0.685. The maximum absolute atomic E-state index is 13.5. The Labute approximate surface area is 234 Å². The summed E-state index contributed by atoms with van der Waals surface area (Å²) in [7, 11) is 5.73. The zero-order chi connectivity index (χ0) is 28.7. The van der Waals surface area contributed by atoms with Crippen molar-refractivity contribution in [3.05, 3.63) is 69.6 Å². The van der Waals surface area contributed by atoms with Gasteiger partial charge in [0.15, 0.2) is 0 Å². The normalized spacial score (nSPS) is 11.5. The van der Waals surface area contributed by atoms with Gasteiger partial charge in [0.1, 0.15) is 11.4 Å². The van der Waals surface area contributed by atoms with Gasteiger partial charge < -0.3 is 20.3 Å². The molecule has 0 atom stereocenters. The van der Waals surface area contributed by atoms with Crippen molar-refractivity contribution in [2.45, 2.75) is 40.0 Å². The number of para-hydroxylation sites is 1. The van der Waals surface area contributed by atoms with Gasteiger partial charge in [0.25, 0.3) is 5.56 Å². The van der Waals surface area contributed by atoms with E-state index in [1.54, 1.807) is 27.6 Å². The molecule has 0 bridgehead atoms. The summed E-state index contributed by atoms with van der Waals surface area (Å²) in [6.45, 7) is 6.68. The lowest BCUT2D eigenvalue weighted by atomic mass is 9.85. The summed E-state index contributed by atoms with van der Waals surface area (Å²) in [5.41, 5.74) is 1.19. The molecule has 39 heavy (non-hydrogen) atoms. The summed E-state index contributed by atoms with van der Waals surface area (Å²) >= 11 is 6.11. The second-order valence-corrected chi connectivity index (χ2v) is 11.0. The molecule has 1 heterocycles. The highest BCUT2D eigenvalue weighted by molar-refractivity contribution is 6.31. The highest BCUT2D eigenvalue weighted by Gasteiger charge is 2.28. The lowest BCUT2D eigenvalue weighted by Crippen LogP contribution is -2.29. The molecule has 0 spiro atoms. The van der Waals surface area contributed by atoms with Crippen molar-refractivity contribution in [1.29, 1.82) is 0 Å². The third-order valence-corrected chi connectivity index (χ3v) is 6.48. The number of anilines is 2. The molecule has 0 unspecified atom stereocenters. The second-order valence-electron chi connectivity index (χ2n) is 10.5. The Bertz CT molecular complexity index is 1360. The molecule has 0 aliphatic rings. The molecule has 0 aliphatic carbocycles. The third kappa shape index (κ3) is 7.97. The van der Waals surface area contributed by atoms with Crippen molar-refractivity contribution >= 4 is 34.8 Å². The van der Waals surface area contributed by atoms with Gasteiger partial charge in [0.05, 0.1) is 23.7 Å². The predicted octanol–water partition coefficient (Wildman–Crippen LogP) is 4.72. The molecule has 0 saturated heterocycles. The van der Waals surface area contributed by atoms with Gasteiger partial charge in [-0.2, -0.15) is 0 Å². The molecule has 2 amide bonds. The van der Waals surface area contributed by atoms with E-state index >= 15 is 0 Å². The van der Waals surface area contributed by atoms with Crippen LogP contribution in [0.15, 0.2) is 53.3 Å². The number of carbonyl (C=O) groups excluding carboxylic acids is 2. The largest absolute Gasteiger partial charge is 0.492 e. The first kappa shape index (κ1) is 30.0. The van der Waals surface area contributed by atoms with Crippen molar-refractivity contribution in [2.24, 2.45) is 12.5 Å². The van der Waals surface area contributed by atoms with Gasteiger partial charge in [-0.05, 0) is 56.8 Å². The first-order valence-electron chi connectivity index (χ1n) is 12.9. The van der Waals surface area contributed by atoms with E-state index in [1.807, 2.05) is 77.1 Å². The van der Waals surface area contributed by atoms with Crippen LogP contribution in [0.3, 0.4) is 0 Å². The molecule has 0 radical (unpaired) electrons. The summed E-state index contributed by atoms with van der Waals surface area (Å²) in [5, 5.41) is 6.19. The number of nitrogens with zero attached hydrogens (tertiary/aromatic N) is 3. The average molecular weight is 556 g/mol. The summed E-state index contributed by atoms with van der Waals surface area (Å²) in [5.74, 6) is -0.0803. The van der Waals surface area contributed by atoms with Gasteiger partial charge in [0.2, 0.25) is 11.8 Å². The molecule has 0 aliphatic heterocycles. The molecule has 3 aromatic rings. The number of ether oxygens (including phenoxy) is 1. The lowest BCUT2D eigenvalue weighted by molar-refractivity contribution is -0.120. The number of carbonyl (C=O) groups is 2. The van der Waals surface area contributed by atoms with E-state index in [0.717, 1.165) is 5.69 Å². The fraction of sp³-hybridized carbons (Fsp3) is 0.414. The highest BCUT2D eigenvalue weighted by atomic mass is 35.5. The van der Waals surface area contributed by atoms with Crippen molar-refractivity contribution in [1.82, 2.24) is 14.3 Å². The number of amides is 2. The summed E-state index contributed by atoms with van der Waals surface area (Å²) in [6, 6.07) is 14.3. The minimum Gasteiger partial charge on any atom is -0.492 e. The van der Waals surface area contributed by atoms with Gasteiger partial charge >= 0.3 is 0 Å². The molecule has 2 aromatic carbocycles. The smallest absolute Gasteiger partial charge is 0.295 e.